The molecule has 3 heterocycles. The Morgan fingerprint density at radius 1 is 1.24 bits per heavy atom. The number of benzene rings is 1. The second kappa shape index (κ2) is 8.74. The number of ether oxygens (including phenoxy) is 2. The molecule has 1 saturated heterocycles. The number of hydrogen-bond donors (Lipinski definition) is 1. The van der Waals surface area contributed by atoms with Gasteiger partial charge in [-0.1, -0.05) is 23.2 Å². The van der Waals surface area contributed by atoms with Crippen molar-refractivity contribution in [2.75, 3.05) is 26.2 Å². The van der Waals surface area contributed by atoms with Gasteiger partial charge in [0, 0.05) is 19.6 Å². The number of rotatable bonds is 1. The van der Waals surface area contributed by atoms with Gasteiger partial charge in [0.05, 0.1) is 16.6 Å². The first kappa shape index (κ1) is 24.3. The molecule has 12 heteroatoms. The number of nitrogens with zero attached hydrogens (tertiary/aromatic N) is 3. The van der Waals surface area contributed by atoms with E-state index in [1.165, 1.54) is 9.80 Å². The number of aromatic nitrogens is 1. The van der Waals surface area contributed by atoms with Gasteiger partial charge >= 0.3 is 6.09 Å². The van der Waals surface area contributed by atoms with Crippen LogP contribution in [-0.2, 0) is 4.74 Å². The Labute approximate surface area is 204 Å². The van der Waals surface area contributed by atoms with Gasteiger partial charge < -0.3 is 24.4 Å². The lowest BCUT2D eigenvalue weighted by molar-refractivity contribution is 0.000892. The molecule has 1 aromatic heterocycles. The topological polar surface area (TPSA) is 92.2 Å². The molecule has 1 N–H and O–H groups in total. The summed E-state index contributed by atoms with van der Waals surface area (Å²) in [7, 11) is 0. The number of phenolic OH excluding ortho intramolecular Hbond substituents is 1. The molecule has 0 radical (unpaired) electrons. The van der Waals surface area contributed by atoms with Crippen LogP contribution in [0.15, 0.2) is 12.1 Å². The number of aromatic hydroxyl groups is 1. The number of amides is 2. The van der Waals surface area contributed by atoms with Crippen molar-refractivity contribution >= 4 is 35.2 Å². The highest BCUT2D eigenvalue weighted by Gasteiger charge is 2.41. The third-order valence-electron chi connectivity index (χ3n) is 5.39. The van der Waals surface area contributed by atoms with Crippen molar-refractivity contribution < 1.29 is 33.0 Å². The number of fused-ring (bicyclic) bond motifs is 2. The molecular formula is C22H21Cl2F2N3O5. The van der Waals surface area contributed by atoms with Crippen molar-refractivity contribution in [3.8, 4) is 22.8 Å². The molecule has 2 aliphatic heterocycles. The van der Waals surface area contributed by atoms with Crippen LogP contribution in [0.4, 0.5) is 13.6 Å². The highest BCUT2D eigenvalue weighted by Crippen LogP contribution is 2.44. The van der Waals surface area contributed by atoms with Gasteiger partial charge in [-0.05, 0) is 32.9 Å². The third kappa shape index (κ3) is 4.32. The molecule has 1 atom stereocenters. The Balaban J connectivity index is 1.70. The maximum atomic E-state index is 15.1. The molecule has 182 valence electrons. The summed E-state index contributed by atoms with van der Waals surface area (Å²) < 4.78 is 40.9. The van der Waals surface area contributed by atoms with E-state index in [1.807, 2.05) is 0 Å². The lowest BCUT2D eigenvalue weighted by atomic mass is 10.1. The number of carbonyl (C=O) groups is 2. The zero-order chi connectivity index (χ0) is 24.9. The number of halogens is 4. The summed E-state index contributed by atoms with van der Waals surface area (Å²) >= 11 is 12.2. The quantitative estimate of drug-likeness (QED) is 0.562. The van der Waals surface area contributed by atoms with E-state index in [-0.39, 0.29) is 42.0 Å². The van der Waals surface area contributed by atoms with Crippen molar-refractivity contribution in [1.82, 2.24) is 14.8 Å². The molecule has 2 aliphatic rings. The summed E-state index contributed by atoms with van der Waals surface area (Å²) in [5.74, 6) is -3.92. The molecule has 1 aromatic carbocycles. The van der Waals surface area contributed by atoms with Crippen LogP contribution in [0.25, 0.3) is 11.3 Å². The minimum absolute atomic E-state index is 0.0951. The van der Waals surface area contributed by atoms with Gasteiger partial charge in [-0.2, -0.15) is 4.39 Å². The maximum Gasteiger partial charge on any atom is 0.410 e. The lowest BCUT2D eigenvalue weighted by Crippen LogP contribution is -2.58. The van der Waals surface area contributed by atoms with Crippen molar-refractivity contribution in [3.05, 3.63) is 39.5 Å². The van der Waals surface area contributed by atoms with Gasteiger partial charge in [0.15, 0.2) is 11.6 Å². The maximum absolute atomic E-state index is 15.1. The van der Waals surface area contributed by atoms with Crippen LogP contribution in [0, 0.1) is 11.8 Å². The SMILES string of the molecule is CC(C)(C)OC(=O)N1CCN2C(=O)c3c(F)nc(-c4c(O)ccc(Cl)c4F)c(Cl)c3OC[C@H]2C1. The molecule has 0 spiro atoms. The fraction of sp³-hybridized carbons (Fsp3) is 0.409. The van der Waals surface area contributed by atoms with Crippen molar-refractivity contribution in [3.63, 3.8) is 0 Å². The summed E-state index contributed by atoms with van der Waals surface area (Å²) in [5, 5.41) is 9.45. The van der Waals surface area contributed by atoms with Crippen molar-refractivity contribution in [1.29, 1.82) is 0 Å². The first-order valence-corrected chi connectivity index (χ1v) is 11.1. The average Bonchev–Trinajstić information content (AvgIpc) is 2.90. The largest absolute Gasteiger partial charge is 0.507 e. The van der Waals surface area contributed by atoms with Crippen LogP contribution in [0.3, 0.4) is 0 Å². The Kier molecular flexibility index (Phi) is 6.24. The van der Waals surface area contributed by atoms with E-state index in [0.29, 0.717) is 0 Å². The number of piperazine rings is 1. The standard InChI is InChI=1S/C22H21Cl2F2N3O5/c1-22(2,3)34-21(32)28-6-7-29-10(8-28)9-33-18-14(20(29)31)19(26)27-17(15(18)24)13-12(30)5-4-11(23)16(13)25/h4-5,10,30H,6-9H2,1-3H3/t10-/m1/s1. The molecule has 1 fully saturated rings. The van der Waals surface area contributed by atoms with E-state index in [1.54, 1.807) is 20.8 Å². The molecule has 0 saturated carbocycles. The molecule has 8 nitrogen and oxygen atoms in total. The Hall–Kier alpha value is -2.85. The van der Waals surface area contributed by atoms with Gasteiger partial charge in [0.2, 0.25) is 5.95 Å². The van der Waals surface area contributed by atoms with E-state index < -0.39 is 58.0 Å². The summed E-state index contributed by atoms with van der Waals surface area (Å²) in [4.78, 5) is 32.2. The summed E-state index contributed by atoms with van der Waals surface area (Å²) in [6.07, 6.45) is -0.540. The molecule has 0 aliphatic carbocycles. The van der Waals surface area contributed by atoms with Crippen LogP contribution >= 0.6 is 23.2 Å². The molecule has 2 aromatic rings. The molecule has 0 unspecified atom stereocenters. The second-order valence-electron chi connectivity index (χ2n) is 8.91. The van der Waals surface area contributed by atoms with Gasteiger partial charge in [0.1, 0.15) is 34.2 Å². The van der Waals surface area contributed by atoms with Crippen LogP contribution in [-0.4, -0.2) is 69.8 Å². The monoisotopic (exact) mass is 515 g/mol. The molecule has 4 rings (SSSR count). The normalized spacial score (nSPS) is 18.1. The highest BCUT2D eigenvalue weighted by atomic mass is 35.5. The molecular weight excluding hydrogens is 495 g/mol. The van der Waals surface area contributed by atoms with Crippen LogP contribution in [0.5, 0.6) is 11.5 Å². The molecule has 2 amide bonds. The first-order valence-electron chi connectivity index (χ1n) is 10.4. The minimum Gasteiger partial charge on any atom is -0.507 e. The lowest BCUT2D eigenvalue weighted by Gasteiger charge is -2.40. The van der Waals surface area contributed by atoms with Gasteiger partial charge in [-0.25, -0.2) is 14.2 Å². The van der Waals surface area contributed by atoms with Crippen LogP contribution in [0.1, 0.15) is 31.1 Å². The Morgan fingerprint density at radius 2 is 1.94 bits per heavy atom. The first-order chi connectivity index (χ1) is 15.9. The van der Waals surface area contributed by atoms with Gasteiger partial charge in [-0.3, -0.25) is 4.79 Å². The van der Waals surface area contributed by atoms with E-state index >= 15 is 4.39 Å². The second-order valence-corrected chi connectivity index (χ2v) is 9.70. The number of phenols is 1. The van der Waals surface area contributed by atoms with Crippen LogP contribution in [0.2, 0.25) is 10.0 Å². The smallest absolute Gasteiger partial charge is 0.410 e. The molecule has 34 heavy (non-hydrogen) atoms. The fourth-order valence-electron chi connectivity index (χ4n) is 3.85. The minimum atomic E-state index is -1.24. The predicted octanol–water partition coefficient (Wildman–Crippen LogP) is 4.49. The Bertz CT molecular complexity index is 1190. The highest BCUT2D eigenvalue weighted by molar-refractivity contribution is 6.35. The average molecular weight is 516 g/mol. The van der Waals surface area contributed by atoms with Gasteiger partial charge in [0.25, 0.3) is 5.91 Å². The van der Waals surface area contributed by atoms with E-state index in [4.69, 9.17) is 32.7 Å². The zero-order valence-corrected chi connectivity index (χ0v) is 20.0. The Morgan fingerprint density at radius 3 is 2.62 bits per heavy atom. The number of carbonyl (C=O) groups excluding carboxylic acids is 2. The third-order valence-corrected chi connectivity index (χ3v) is 6.03. The summed E-state index contributed by atoms with van der Waals surface area (Å²) in [6, 6.07) is 1.62. The van der Waals surface area contributed by atoms with Crippen molar-refractivity contribution in [2.24, 2.45) is 0 Å². The molecule has 0 bridgehead atoms. The summed E-state index contributed by atoms with van der Waals surface area (Å²) in [5.41, 5.74) is -2.18. The number of hydrogen-bond acceptors (Lipinski definition) is 6. The predicted molar refractivity (Wildman–Crippen MR) is 119 cm³/mol. The van der Waals surface area contributed by atoms with E-state index in [2.05, 4.69) is 4.98 Å². The fourth-order valence-corrected chi connectivity index (χ4v) is 4.29. The van der Waals surface area contributed by atoms with E-state index in [9.17, 15) is 19.1 Å². The van der Waals surface area contributed by atoms with Crippen molar-refractivity contribution in [2.45, 2.75) is 32.4 Å². The number of pyridine rings is 1. The van der Waals surface area contributed by atoms with E-state index in [0.717, 1.165) is 12.1 Å². The zero-order valence-electron chi connectivity index (χ0n) is 18.5. The van der Waals surface area contributed by atoms with Gasteiger partial charge in [-0.15, -0.1) is 0 Å². The van der Waals surface area contributed by atoms with Crippen LogP contribution < -0.4 is 4.74 Å². The summed E-state index contributed by atoms with van der Waals surface area (Å²) in [6.45, 7) is 5.48.